The molecule has 0 aliphatic carbocycles. The maximum Gasteiger partial charge on any atom is 0.326 e. The van der Waals surface area contributed by atoms with E-state index in [1.54, 1.807) is 0 Å². The molecule has 14 nitrogen and oxygen atoms in total. The monoisotopic (exact) mass is 487 g/mol. The number of carbonyl (C=O) groups is 5. The third-order valence-electron chi connectivity index (χ3n) is 4.50. The van der Waals surface area contributed by atoms with Crippen LogP contribution in [0.4, 0.5) is 0 Å². The van der Waals surface area contributed by atoms with Gasteiger partial charge in [0.25, 0.3) is 0 Å². The predicted molar refractivity (Wildman–Crippen MR) is 118 cm³/mol. The lowest BCUT2D eigenvalue weighted by molar-refractivity contribution is -0.142. The summed E-state index contributed by atoms with van der Waals surface area (Å²) >= 11 is 3.90. The Balaban J connectivity index is 3.03. The second kappa shape index (κ2) is 13.4. The predicted octanol–water partition coefficient (Wildman–Crippen LogP) is -3.61. The number of thiol groups is 1. The summed E-state index contributed by atoms with van der Waals surface area (Å²) in [6, 6.07) is -5.24. The van der Waals surface area contributed by atoms with E-state index < -0.39 is 59.9 Å². The van der Waals surface area contributed by atoms with Crippen LogP contribution >= 0.6 is 12.6 Å². The molecule has 0 aliphatic rings. The molecule has 0 fully saturated rings. The number of aromatic amines is 1. The molecule has 0 spiro atoms. The summed E-state index contributed by atoms with van der Waals surface area (Å²) in [5.41, 5.74) is 11.0. The summed E-state index contributed by atoms with van der Waals surface area (Å²) in [6.45, 7) is 1.25. The fourth-order valence-corrected chi connectivity index (χ4v) is 2.82. The molecular weight excluding hydrogens is 458 g/mol. The molecule has 5 atom stereocenters. The van der Waals surface area contributed by atoms with Crippen LogP contribution in [-0.4, -0.2) is 85.8 Å². The van der Waals surface area contributed by atoms with Crippen LogP contribution in [0.1, 0.15) is 25.5 Å². The van der Waals surface area contributed by atoms with Gasteiger partial charge in [-0.3, -0.25) is 19.2 Å². The van der Waals surface area contributed by atoms with Gasteiger partial charge in [-0.05, 0) is 13.3 Å². The van der Waals surface area contributed by atoms with E-state index in [-0.39, 0.29) is 25.0 Å². The smallest absolute Gasteiger partial charge is 0.326 e. The number of hydrogen-bond donors (Lipinski definition) is 9. The summed E-state index contributed by atoms with van der Waals surface area (Å²) in [4.78, 5) is 66.6. The van der Waals surface area contributed by atoms with E-state index in [0.29, 0.717) is 5.69 Å². The topological polar surface area (TPSA) is 243 Å². The third kappa shape index (κ3) is 9.46. The van der Waals surface area contributed by atoms with E-state index >= 15 is 0 Å². The largest absolute Gasteiger partial charge is 0.480 e. The number of aliphatic carboxylic acids is 1. The van der Waals surface area contributed by atoms with Gasteiger partial charge in [0, 0.05) is 30.5 Å². The molecule has 1 rings (SSSR count). The number of nitrogens with one attached hydrogen (secondary N) is 4. The third-order valence-corrected chi connectivity index (χ3v) is 4.90. The van der Waals surface area contributed by atoms with Crippen LogP contribution in [0, 0.1) is 0 Å². The molecule has 0 radical (unpaired) electrons. The first-order valence-electron chi connectivity index (χ1n) is 9.90. The van der Waals surface area contributed by atoms with Crippen molar-refractivity contribution in [3.05, 3.63) is 18.2 Å². The van der Waals surface area contributed by atoms with E-state index in [4.69, 9.17) is 11.5 Å². The molecule has 184 valence electrons. The molecule has 0 saturated carbocycles. The SMILES string of the molecule is CC(O)C(NC(=O)C(N)CS)C(=O)NC(Cc1cnc[nH]1)C(=O)NC(CCC(N)=O)C(=O)O. The summed E-state index contributed by atoms with van der Waals surface area (Å²) in [5, 5.41) is 26.2. The minimum absolute atomic E-state index is 0.00723. The normalized spacial score (nSPS) is 15.4. The first-order chi connectivity index (χ1) is 15.5. The number of imidazole rings is 1. The molecule has 0 saturated heterocycles. The summed E-state index contributed by atoms with van der Waals surface area (Å²) < 4.78 is 0. The van der Waals surface area contributed by atoms with E-state index in [9.17, 15) is 34.2 Å². The van der Waals surface area contributed by atoms with Crippen LogP contribution in [0.3, 0.4) is 0 Å². The summed E-state index contributed by atoms with van der Waals surface area (Å²) in [5.74, 6) is -4.67. The van der Waals surface area contributed by atoms with Gasteiger partial charge >= 0.3 is 5.97 Å². The van der Waals surface area contributed by atoms with Crippen LogP contribution in [0.5, 0.6) is 0 Å². The average molecular weight is 488 g/mol. The fourth-order valence-electron chi connectivity index (χ4n) is 2.65. The van der Waals surface area contributed by atoms with E-state index in [1.807, 2.05) is 0 Å². The van der Waals surface area contributed by atoms with Crippen molar-refractivity contribution < 1.29 is 34.2 Å². The maximum absolute atomic E-state index is 12.8. The number of carbonyl (C=O) groups excluding carboxylic acids is 4. The molecule has 0 bridgehead atoms. The number of rotatable bonds is 14. The second-order valence-corrected chi connectivity index (χ2v) is 7.63. The van der Waals surface area contributed by atoms with Crippen LogP contribution in [0.25, 0.3) is 0 Å². The van der Waals surface area contributed by atoms with Crippen LogP contribution in [0.2, 0.25) is 0 Å². The fraction of sp³-hybridized carbons (Fsp3) is 0.556. The number of hydrogen-bond acceptors (Lipinski definition) is 9. The zero-order valence-corrected chi connectivity index (χ0v) is 18.7. The van der Waals surface area contributed by atoms with Gasteiger partial charge < -0.3 is 42.6 Å². The Morgan fingerprint density at radius 1 is 1.12 bits per heavy atom. The molecule has 4 amide bonds. The minimum Gasteiger partial charge on any atom is -0.480 e. The zero-order valence-electron chi connectivity index (χ0n) is 17.9. The number of nitrogens with zero attached hydrogens (tertiary/aromatic N) is 1. The van der Waals surface area contributed by atoms with Crippen molar-refractivity contribution in [1.82, 2.24) is 25.9 Å². The second-order valence-electron chi connectivity index (χ2n) is 7.26. The molecule has 15 heteroatoms. The number of aromatic nitrogens is 2. The Bertz CT molecular complexity index is 834. The van der Waals surface area contributed by atoms with E-state index in [1.165, 1.54) is 19.4 Å². The highest BCUT2D eigenvalue weighted by atomic mass is 32.1. The Morgan fingerprint density at radius 3 is 2.24 bits per heavy atom. The average Bonchev–Trinajstić information content (AvgIpc) is 3.25. The molecule has 0 aliphatic heterocycles. The van der Waals surface area contributed by atoms with Gasteiger partial charge in [0.15, 0.2) is 0 Å². The number of aliphatic hydroxyl groups is 1. The standard InChI is InChI=1S/C18H29N7O7S/c1-8(26)14(25-15(28)10(19)6-33)17(30)24-12(4-9-5-21-7-22-9)16(29)23-11(18(31)32)2-3-13(20)27/h5,7-8,10-12,14,26,33H,2-4,6,19H2,1H3,(H2,20,27)(H,21,22)(H,23,29)(H,24,30)(H,25,28)(H,31,32). The molecule has 10 N–H and O–H groups in total. The number of amides is 4. The van der Waals surface area contributed by atoms with Gasteiger partial charge in [0.2, 0.25) is 23.6 Å². The first-order valence-corrected chi connectivity index (χ1v) is 10.5. The van der Waals surface area contributed by atoms with Crippen molar-refractivity contribution in [3.63, 3.8) is 0 Å². The van der Waals surface area contributed by atoms with Crippen molar-refractivity contribution in [2.75, 3.05) is 5.75 Å². The van der Waals surface area contributed by atoms with Crippen LogP contribution in [0.15, 0.2) is 12.5 Å². The van der Waals surface area contributed by atoms with Gasteiger partial charge in [0.05, 0.1) is 18.5 Å². The van der Waals surface area contributed by atoms with Gasteiger partial charge in [-0.15, -0.1) is 0 Å². The lowest BCUT2D eigenvalue weighted by atomic mass is 10.1. The number of aliphatic hydroxyl groups excluding tert-OH is 1. The lowest BCUT2D eigenvalue weighted by Crippen LogP contribution is -2.60. The number of nitrogens with two attached hydrogens (primary N) is 2. The Morgan fingerprint density at radius 2 is 1.76 bits per heavy atom. The van der Waals surface area contributed by atoms with Crippen LogP contribution < -0.4 is 27.4 Å². The van der Waals surface area contributed by atoms with Crippen molar-refractivity contribution in [2.45, 2.75) is 56.5 Å². The molecule has 0 aromatic carbocycles. The quantitative estimate of drug-likeness (QED) is 0.117. The molecule has 5 unspecified atom stereocenters. The van der Waals surface area contributed by atoms with Crippen molar-refractivity contribution in [3.8, 4) is 0 Å². The van der Waals surface area contributed by atoms with Gasteiger partial charge in [0.1, 0.15) is 18.1 Å². The van der Waals surface area contributed by atoms with Crippen molar-refractivity contribution in [2.24, 2.45) is 11.5 Å². The lowest BCUT2D eigenvalue weighted by Gasteiger charge is -2.26. The number of carboxylic acids is 1. The van der Waals surface area contributed by atoms with Gasteiger partial charge in [-0.25, -0.2) is 9.78 Å². The van der Waals surface area contributed by atoms with Crippen molar-refractivity contribution in [1.29, 1.82) is 0 Å². The Hall–Kier alpha value is -3.17. The maximum atomic E-state index is 12.8. The van der Waals surface area contributed by atoms with Crippen molar-refractivity contribution >= 4 is 42.2 Å². The summed E-state index contributed by atoms with van der Waals surface area (Å²) in [7, 11) is 0. The molecular formula is C18H29N7O7S. The zero-order chi connectivity index (χ0) is 25.1. The Kier molecular flexibility index (Phi) is 11.3. The molecule has 1 heterocycles. The molecule has 1 aromatic heterocycles. The van der Waals surface area contributed by atoms with Gasteiger partial charge in [-0.1, -0.05) is 0 Å². The minimum atomic E-state index is -1.45. The summed E-state index contributed by atoms with van der Waals surface area (Å²) in [6.07, 6.45) is 0.742. The number of primary amides is 1. The Labute approximate surface area is 194 Å². The number of carboxylic acid groups (broad SMARTS) is 1. The highest BCUT2D eigenvalue weighted by Gasteiger charge is 2.32. The van der Waals surface area contributed by atoms with Gasteiger partial charge in [-0.2, -0.15) is 12.6 Å². The molecule has 33 heavy (non-hydrogen) atoms. The molecule has 1 aromatic rings. The van der Waals surface area contributed by atoms with Crippen LogP contribution in [-0.2, 0) is 30.4 Å². The van der Waals surface area contributed by atoms with E-state index in [0.717, 1.165) is 0 Å². The highest BCUT2D eigenvalue weighted by molar-refractivity contribution is 7.80. The number of H-pyrrole nitrogens is 1. The first kappa shape index (κ1) is 27.9. The highest BCUT2D eigenvalue weighted by Crippen LogP contribution is 2.05. The van der Waals surface area contributed by atoms with E-state index in [2.05, 4.69) is 38.5 Å².